The monoisotopic (exact) mass is 386 g/mol. The van der Waals surface area contributed by atoms with Crippen molar-refractivity contribution >= 4 is 17.8 Å². The molecule has 1 aromatic rings. The van der Waals surface area contributed by atoms with Gasteiger partial charge in [0.05, 0.1) is 11.8 Å². The number of nitrogens with one attached hydrogen (secondary N) is 1. The lowest BCUT2D eigenvalue weighted by molar-refractivity contribution is -0.135. The van der Waals surface area contributed by atoms with Crippen LogP contribution < -0.4 is 16.0 Å². The van der Waals surface area contributed by atoms with Gasteiger partial charge in [-0.2, -0.15) is 0 Å². The van der Waals surface area contributed by atoms with E-state index in [2.05, 4.69) is 25.1 Å². The summed E-state index contributed by atoms with van der Waals surface area (Å²) in [6.45, 7) is 5.40. The third-order valence-electron chi connectivity index (χ3n) is 6.71. The van der Waals surface area contributed by atoms with Crippen molar-refractivity contribution in [3.8, 4) is 0 Å². The Labute approximate surface area is 165 Å². The molecule has 0 spiro atoms. The predicted octanol–water partition coefficient (Wildman–Crippen LogP) is 0.253. The zero-order chi connectivity index (χ0) is 19.5. The normalized spacial score (nSPS) is 29.8. The van der Waals surface area contributed by atoms with Crippen LogP contribution in [0, 0.1) is 23.7 Å². The molecule has 0 unspecified atom stereocenters. The van der Waals surface area contributed by atoms with Crippen LogP contribution in [0.4, 0.5) is 5.95 Å². The van der Waals surface area contributed by atoms with E-state index in [-0.39, 0.29) is 23.7 Å². The van der Waals surface area contributed by atoms with Gasteiger partial charge in [0.25, 0.3) is 0 Å². The summed E-state index contributed by atoms with van der Waals surface area (Å²) in [6.07, 6.45) is 7.55. The van der Waals surface area contributed by atoms with E-state index in [1.807, 2.05) is 6.07 Å². The van der Waals surface area contributed by atoms with Gasteiger partial charge >= 0.3 is 0 Å². The minimum atomic E-state index is -0.299. The molecule has 152 valence electrons. The number of hydrogen-bond donors (Lipinski definition) is 2. The number of hydrogen-bond acceptors (Lipinski definition) is 6. The van der Waals surface area contributed by atoms with Crippen molar-refractivity contribution < 1.29 is 9.59 Å². The third kappa shape index (κ3) is 3.97. The molecule has 2 bridgehead atoms. The van der Waals surface area contributed by atoms with Crippen molar-refractivity contribution in [2.24, 2.45) is 29.4 Å². The van der Waals surface area contributed by atoms with E-state index in [4.69, 9.17) is 5.73 Å². The maximum Gasteiger partial charge on any atom is 0.225 e. The Morgan fingerprint density at radius 2 is 1.75 bits per heavy atom. The lowest BCUT2D eigenvalue weighted by atomic mass is 9.78. The average Bonchev–Trinajstić information content (AvgIpc) is 3.34. The van der Waals surface area contributed by atoms with Crippen LogP contribution in [-0.4, -0.2) is 66.0 Å². The summed E-state index contributed by atoms with van der Waals surface area (Å²) < 4.78 is 0. The largest absolute Gasteiger partial charge is 0.369 e. The van der Waals surface area contributed by atoms with Crippen molar-refractivity contribution in [3.63, 3.8) is 0 Å². The van der Waals surface area contributed by atoms with Gasteiger partial charge < -0.3 is 16.0 Å². The van der Waals surface area contributed by atoms with Gasteiger partial charge in [0, 0.05) is 45.1 Å². The molecule has 3 aliphatic rings. The smallest absolute Gasteiger partial charge is 0.225 e. The van der Waals surface area contributed by atoms with Crippen LogP contribution in [0.25, 0.3) is 0 Å². The molecular formula is C20H30N6O2. The highest BCUT2D eigenvalue weighted by molar-refractivity contribution is 5.88. The summed E-state index contributed by atoms with van der Waals surface area (Å²) in [5.41, 5.74) is 5.58. The molecule has 3 N–H and O–H groups in total. The standard InChI is InChI=1S/C20H30N6O2/c21-18(27)16-14-3-4-15(13-14)17(16)19(28)22-7-2-8-25-9-11-26(12-10-25)20-23-5-1-6-24-20/h1,5-6,14-17H,2-4,7-13H2,(H2,21,27)(H,22,28)/t14-,15+,16+,17-/m1/s1. The zero-order valence-electron chi connectivity index (χ0n) is 16.3. The Bertz CT molecular complexity index is 691. The number of amides is 2. The number of nitrogens with zero attached hydrogens (tertiary/aromatic N) is 4. The molecule has 4 atom stereocenters. The summed E-state index contributed by atoms with van der Waals surface area (Å²) in [4.78, 5) is 37.7. The van der Waals surface area contributed by atoms with E-state index in [1.165, 1.54) is 0 Å². The van der Waals surface area contributed by atoms with Gasteiger partial charge in [-0.25, -0.2) is 9.97 Å². The molecule has 0 aromatic carbocycles. The maximum atomic E-state index is 12.6. The first-order valence-corrected chi connectivity index (χ1v) is 10.4. The van der Waals surface area contributed by atoms with Crippen LogP contribution in [0.15, 0.2) is 18.5 Å². The zero-order valence-corrected chi connectivity index (χ0v) is 16.3. The highest BCUT2D eigenvalue weighted by Crippen LogP contribution is 2.52. The first kappa shape index (κ1) is 19.1. The van der Waals surface area contributed by atoms with Gasteiger partial charge in [0.15, 0.2) is 0 Å². The molecule has 28 heavy (non-hydrogen) atoms. The van der Waals surface area contributed by atoms with Crippen LogP contribution in [0.5, 0.6) is 0 Å². The average molecular weight is 387 g/mol. The number of fused-ring (bicyclic) bond motifs is 2. The van der Waals surface area contributed by atoms with Gasteiger partial charge in [0.2, 0.25) is 17.8 Å². The van der Waals surface area contributed by atoms with E-state index in [9.17, 15) is 9.59 Å². The first-order valence-electron chi connectivity index (χ1n) is 10.4. The van der Waals surface area contributed by atoms with Crippen molar-refractivity contribution in [2.75, 3.05) is 44.2 Å². The lowest BCUT2D eigenvalue weighted by Crippen LogP contribution is -2.48. The topological polar surface area (TPSA) is 104 Å². The van der Waals surface area contributed by atoms with Crippen molar-refractivity contribution in [1.82, 2.24) is 20.2 Å². The molecule has 4 rings (SSSR count). The molecule has 2 aliphatic carbocycles. The Balaban J connectivity index is 1.16. The molecule has 8 nitrogen and oxygen atoms in total. The quantitative estimate of drug-likeness (QED) is 0.651. The Morgan fingerprint density at radius 1 is 1.07 bits per heavy atom. The van der Waals surface area contributed by atoms with Crippen molar-refractivity contribution in [3.05, 3.63) is 18.5 Å². The summed E-state index contributed by atoms with van der Waals surface area (Å²) in [7, 11) is 0. The molecule has 1 aliphatic heterocycles. The molecule has 1 aromatic heterocycles. The second-order valence-corrected chi connectivity index (χ2v) is 8.31. The maximum absolute atomic E-state index is 12.6. The lowest BCUT2D eigenvalue weighted by Gasteiger charge is -2.34. The predicted molar refractivity (Wildman–Crippen MR) is 105 cm³/mol. The van der Waals surface area contributed by atoms with Gasteiger partial charge in [-0.05, 0) is 50.1 Å². The Hall–Kier alpha value is -2.22. The first-order chi connectivity index (χ1) is 13.6. The number of aromatic nitrogens is 2. The van der Waals surface area contributed by atoms with Crippen LogP contribution in [0.2, 0.25) is 0 Å². The van der Waals surface area contributed by atoms with Crippen LogP contribution in [-0.2, 0) is 9.59 Å². The Morgan fingerprint density at radius 3 is 2.43 bits per heavy atom. The number of nitrogens with two attached hydrogens (primary N) is 1. The van der Waals surface area contributed by atoms with Crippen LogP contribution >= 0.6 is 0 Å². The van der Waals surface area contributed by atoms with Gasteiger partial charge in [-0.15, -0.1) is 0 Å². The number of carbonyl (C=O) groups excluding carboxylic acids is 2. The SMILES string of the molecule is NC(=O)[C@H]1[C@@H]2CC[C@@H](C2)[C@H]1C(=O)NCCCN1CCN(c2ncccn2)CC1. The van der Waals surface area contributed by atoms with Gasteiger partial charge in [-0.1, -0.05) is 0 Å². The van der Waals surface area contributed by atoms with Crippen LogP contribution in [0.1, 0.15) is 25.7 Å². The summed E-state index contributed by atoms with van der Waals surface area (Å²) in [5.74, 6) is 0.732. The van der Waals surface area contributed by atoms with E-state index < -0.39 is 0 Å². The molecule has 8 heteroatoms. The summed E-state index contributed by atoms with van der Waals surface area (Å²) in [6, 6.07) is 1.83. The highest BCUT2D eigenvalue weighted by atomic mass is 16.2. The Kier molecular flexibility index (Phi) is 5.75. The van der Waals surface area contributed by atoms with Crippen LogP contribution in [0.3, 0.4) is 0 Å². The molecule has 3 fully saturated rings. The number of rotatable bonds is 7. The molecule has 0 radical (unpaired) electrons. The van der Waals surface area contributed by atoms with Crippen molar-refractivity contribution in [2.45, 2.75) is 25.7 Å². The minimum Gasteiger partial charge on any atom is -0.369 e. The highest BCUT2D eigenvalue weighted by Gasteiger charge is 2.53. The van der Waals surface area contributed by atoms with E-state index >= 15 is 0 Å². The second-order valence-electron chi connectivity index (χ2n) is 8.31. The van der Waals surface area contributed by atoms with Crippen molar-refractivity contribution in [1.29, 1.82) is 0 Å². The van der Waals surface area contributed by atoms with E-state index in [0.29, 0.717) is 18.4 Å². The number of primary amides is 1. The van der Waals surface area contributed by atoms with E-state index in [1.54, 1.807) is 12.4 Å². The molecule has 2 amide bonds. The molecular weight excluding hydrogens is 356 g/mol. The molecule has 1 saturated heterocycles. The minimum absolute atomic E-state index is 0.0297. The fraction of sp³-hybridized carbons (Fsp3) is 0.700. The fourth-order valence-electron chi connectivity index (χ4n) is 5.34. The third-order valence-corrected chi connectivity index (χ3v) is 6.71. The molecule has 2 heterocycles. The second kappa shape index (κ2) is 8.43. The molecule has 2 saturated carbocycles. The summed E-state index contributed by atoms with van der Waals surface area (Å²) >= 11 is 0. The van der Waals surface area contributed by atoms with Gasteiger partial charge in [0.1, 0.15) is 0 Å². The number of anilines is 1. The summed E-state index contributed by atoms with van der Waals surface area (Å²) in [5, 5.41) is 3.06. The van der Waals surface area contributed by atoms with E-state index in [0.717, 1.165) is 64.4 Å². The van der Waals surface area contributed by atoms with Gasteiger partial charge in [-0.3, -0.25) is 14.5 Å². The fourth-order valence-corrected chi connectivity index (χ4v) is 5.34. The number of piperazine rings is 1. The number of carbonyl (C=O) groups is 2.